The van der Waals surface area contributed by atoms with Gasteiger partial charge in [-0.25, -0.2) is 0 Å². The molecule has 1 amide bonds. The van der Waals surface area contributed by atoms with E-state index in [-0.39, 0.29) is 24.9 Å². The summed E-state index contributed by atoms with van der Waals surface area (Å²) in [6.07, 6.45) is 51.4. The van der Waals surface area contributed by atoms with Crippen molar-refractivity contribution in [2.75, 3.05) is 6.61 Å². The van der Waals surface area contributed by atoms with Crippen molar-refractivity contribution in [1.29, 1.82) is 0 Å². The number of aliphatic hydroxyl groups is 2. The van der Waals surface area contributed by atoms with Crippen molar-refractivity contribution in [3.63, 3.8) is 0 Å². The molecule has 0 heterocycles. The van der Waals surface area contributed by atoms with Gasteiger partial charge < -0.3 is 20.3 Å². The van der Waals surface area contributed by atoms with E-state index in [2.05, 4.69) is 38.2 Å². The zero-order valence-electron chi connectivity index (χ0n) is 39.2. The van der Waals surface area contributed by atoms with E-state index >= 15 is 0 Å². The first-order valence-electron chi connectivity index (χ1n) is 25.9. The van der Waals surface area contributed by atoms with Gasteiger partial charge in [0.25, 0.3) is 0 Å². The Balaban J connectivity index is 4.40. The molecule has 3 unspecified atom stereocenters. The molecule has 0 aromatic heterocycles. The fourth-order valence-corrected chi connectivity index (χ4v) is 8.12. The molecule has 0 radical (unpaired) electrons. The fourth-order valence-electron chi connectivity index (χ4n) is 8.12. The molecule has 0 aliphatic rings. The van der Waals surface area contributed by atoms with Crippen LogP contribution in [0.3, 0.4) is 0 Å². The third kappa shape index (κ3) is 41.3. The molecule has 6 nitrogen and oxygen atoms in total. The minimum atomic E-state index is -0.785. The van der Waals surface area contributed by atoms with Gasteiger partial charge in [0.05, 0.1) is 25.2 Å². The Morgan fingerprint density at radius 2 is 0.845 bits per heavy atom. The molecule has 58 heavy (non-hydrogen) atoms. The number of ether oxygens (including phenoxy) is 1. The van der Waals surface area contributed by atoms with Crippen LogP contribution in [0, 0.1) is 0 Å². The van der Waals surface area contributed by atoms with Crippen LogP contribution in [0.15, 0.2) is 12.2 Å². The predicted molar refractivity (Wildman–Crippen MR) is 250 cm³/mol. The van der Waals surface area contributed by atoms with Crippen LogP contribution in [-0.4, -0.2) is 46.9 Å². The lowest BCUT2D eigenvalue weighted by atomic mass is 10.0. The third-order valence-electron chi connectivity index (χ3n) is 12.1. The average Bonchev–Trinajstić information content (AvgIpc) is 3.22. The number of rotatable bonds is 47. The number of allylic oxidation sites excluding steroid dienone is 2. The number of aliphatic hydroxyl groups excluding tert-OH is 2. The summed E-state index contributed by atoms with van der Waals surface area (Å²) in [4.78, 5) is 26.0. The lowest BCUT2D eigenvalue weighted by Crippen LogP contribution is -2.46. The molecule has 0 bridgehead atoms. The van der Waals surface area contributed by atoms with Crippen LogP contribution in [0.5, 0.6) is 0 Å². The van der Waals surface area contributed by atoms with E-state index in [4.69, 9.17) is 4.74 Å². The van der Waals surface area contributed by atoms with Crippen LogP contribution in [0.2, 0.25) is 0 Å². The molecule has 3 atom stereocenters. The van der Waals surface area contributed by atoms with Crippen LogP contribution in [0.25, 0.3) is 0 Å². The molecular weight excluding hydrogens is 719 g/mol. The highest BCUT2D eigenvalue weighted by Crippen LogP contribution is 2.18. The Morgan fingerprint density at radius 1 is 0.483 bits per heavy atom. The smallest absolute Gasteiger partial charge is 0.306 e. The van der Waals surface area contributed by atoms with Crippen LogP contribution in [0.4, 0.5) is 0 Å². The number of hydrogen-bond acceptors (Lipinski definition) is 5. The number of amides is 1. The number of hydrogen-bond donors (Lipinski definition) is 3. The van der Waals surface area contributed by atoms with Crippen LogP contribution >= 0.6 is 0 Å². The van der Waals surface area contributed by atoms with Gasteiger partial charge in [-0.15, -0.1) is 0 Å². The maximum Gasteiger partial charge on any atom is 0.306 e. The topological polar surface area (TPSA) is 95.9 Å². The molecule has 3 N–H and O–H groups in total. The lowest BCUT2D eigenvalue weighted by Gasteiger charge is -2.24. The number of nitrogens with one attached hydrogen (secondary N) is 1. The summed E-state index contributed by atoms with van der Waals surface area (Å²) in [6.45, 7) is 6.46. The summed E-state index contributed by atoms with van der Waals surface area (Å²) in [5.74, 6) is -0.476. The number of carbonyl (C=O) groups excluding carboxylic acids is 2. The SMILES string of the molecule is CCCC/C=C\CCCCCC(CC(=O)NC(CO)C(O)CCCCCCCCCCCCCCCCCC)OC(=O)CCCCCCCCCCCCCCCC. The largest absolute Gasteiger partial charge is 0.462 e. The van der Waals surface area contributed by atoms with Crippen molar-refractivity contribution >= 4 is 11.9 Å². The van der Waals surface area contributed by atoms with Crippen molar-refractivity contribution in [3.05, 3.63) is 12.2 Å². The Hall–Kier alpha value is -1.40. The van der Waals surface area contributed by atoms with Gasteiger partial charge in [0.15, 0.2) is 0 Å². The molecule has 0 aromatic carbocycles. The Labute approximate surface area is 361 Å². The lowest BCUT2D eigenvalue weighted by molar-refractivity contribution is -0.151. The molecule has 0 aliphatic heterocycles. The molecular formula is C52H101NO5. The summed E-state index contributed by atoms with van der Waals surface area (Å²) >= 11 is 0. The molecule has 0 fully saturated rings. The van der Waals surface area contributed by atoms with E-state index in [0.717, 1.165) is 64.2 Å². The Kier molecular flexibility index (Phi) is 45.5. The van der Waals surface area contributed by atoms with E-state index in [1.807, 2.05) is 0 Å². The summed E-state index contributed by atoms with van der Waals surface area (Å²) < 4.78 is 5.91. The van der Waals surface area contributed by atoms with E-state index in [1.54, 1.807) is 0 Å². The second-order valence-corrected chi connectivity index (χ2v) is 17.9. The zero-order chi connectivity index (χ0) is 42.4. The van der Waals surface area contributed by atoms with Gasteiger partial charge in [0.1, 0.15) is 6.10 Å². The molecule has 0 spiro atoms. The van der Waals surface area contributed by atoms with Gasteiger partial charge >= 0.3 is 5.97 Å². The Bertz CT molecular complexity index is 878. The normalized spacial score (nSPS) is 13.3. The van der Waals surface area contributed by atoms with Gasteiger partial charge in [-0.05, 0) is 44.9 Å². The molecule has 0 saturated heterocycles. The highest BCUT2D eigenvalue weighted by Gasteiger charge is 2.24. The van der Waals surface area contributed by atoms with E-state index in [0.29, 0.717) is 19.3 Å². The van der Waals surface area contributed by atoms with Gasteiger partial charge in [0.2, 0.25) is 5.91 Å². The third-order valence-corrected chi connectivity index (χ3v) is 12.1. The minimum Gasteiger partial charge on any atom is -0.462 e. The molecule has 0 rings (SSSR count). The van der Waals surface area contributed by atoms with Crippen molar-refractivity contribution < 1.29 is 24.5 Å². The highest BCUT2D eigenvalue weighted by atomic mass is 16.5. The predicted octanol–water partition coefficient (Wildman–Crippen LogP) is 15.3. The standard InChI is InChI=1S/C52H101NO5/c1-4-7-10-13-16-19-21-23-25-26-27-29-32-35-38-41-44-50(55)49(47-54)53-51(56)46-48(43-40-37-34-31-18-15-12-9-6-3)58-52(57)45-42-39-36-33-30-28-24-22-20-17-14-11-8-5-2/h15,18,48-50,54-55H,4-14,16-17,19-47H2,1-3H3,(H,53,56)/b18-15-. The number of unbranched alkanes of at least 4 members (excludes halogenated alkanes) is 33. The molecule has 0 aliphatic carbocycles. The summed E-state index contributed by atoms with van der Waals surface area (Å²) in [6, 6.07) is -0.699. The second-order valence-electron chi connectivity index (χ2n) is 17.9. The maximum absolute atomic E-state index is 13.2. The van der Waals surface area contributed by atoms with Crippen molar-refractivity contribution in [2.24, 2.45) is 0 Å². The van der Waals surface area contributed by atoms with Crippen molar-refractivity contribution in [1.82, 2.24) is 5.32 Å². The van der Waals surface area contributed by atoms with Gasteiger partial charge in [0, 0.05) is 6.42 Å². The number of carbonyl (C=O) groups is 2. The summed E-state index contributed by atoms with van der Waals surface area (Å²) in [5, 5.41) is 23.7. The van der Waals surface area contributed by atoms with Gasteiger partial charge in [-0.1, -0.05) is 238 Å². The number of esters is 1. The molecule has 6 heteroatoms. The quantitative estimate of drug-likeness (QED) is 0.0323. The molecule has 344 valence electrons. The van der Waals surface area contributed by atoms with E-state index in [1.165, 1.54) is 173 Å². The van der Waals surface area contributed by atoms with Crippen molar-refractivity contribution in [2.45, 2.75) is 302 Å². The van der Waals surface area contributed by atoms with E-state index < -0.39 is 18.2 Å². The summed E-state index contributed by atoms with van der Waals surface area (Å²) in [7, 11) is 0. The molecule has 0 saturated carbocycles. The fraction of sp³-hybridized carbons (Fsp3) is 0.923. The first-order valence-corrected chi connectivity index (χ1v) is 25.9. The van der Waals surface area contributed by atoms with Crippen LogP contribution in [-0.2, 0) is 14.3 Å². The first-order chi connectivity index (χ1) is 28.5. The average molecular weight is 820 g/mol. The van der Waals surface area contributed by atoms with E-state index in [9.17, 15) is 19.8 Å². The first kappa shape index (κ1) is 56.6. The van der Waals surface area contributed by atoms with Crippen LogP contribution in [0.1, 0.15) is 284 Å². The summed E-state index contributed by atoms with van der Waals surface area (Å²) in [5.41, 5.74) is 0. The monoisotopic (exact) mass is 820 g/mol. The second kappa shape index (κ2) is 46.7. The van der Waals surface area contributed by atoms with Gasteiger partial charge in [-0.3, -0.25) is 9.59 Å². The Morgan fingerprint density at radius 3 is 1.28 bits per heavy atom. The van der Waals surface area contributed by atoms with Gasteiger partial charge in [-0.2, -0.15) is 0 Å². The van der Waals surface area contributed by atoms with Crippen molar-refractivity contribution in [3.8, 4) is 0 Å². The zero-order valence-corrected chi connectivity index (χ0v) is 39.2. The minimum absolute atomic E-state index is 0.0731. The highest BCUT2D eigenvalue weighted by molar-refractivity contribution is 5.77. The van der Waals surface area contributed by atoms with Crippen LogP contribution < -0.4 is 5.32 Å². The molecule has 0 aromatic rings. The maximum atomic E-state index is 13.2.